The van der Waals surface area contributed by atoms with Crippen molar-refractivity contribution in [1.82, 2.24) is 0 Å². The third-order valence-corrected chi connectivity index (χ3v) is 6.64. The van der Waals surface area contributed by atoms with Crippen LogP contribution < -0.4 is 0 Å². The fourth-order valence-corrected chi connectivity index (χ4v) is 4.65. The number of hydrogen-bond acceptors (Lipinski definition) is 4. The second-order valence-electron chi connectivity index (χ2n) is 5.32. The fourth-order valence-electron chi connectivity index (χ4n) is 2.23. The van der Waals surface area contributed by atoms with E-state index in [0.29, 0.717) is 18.1 Å². The zero-order chi connectivity index (χ0) is 16.3. The smallest absolute Gasteiger partial charge is 0.345 e. The lowest BCUT2D eigenvalue weighted by atomic mass is 10.0. The first-order valence-corrected chi connectivity index (χ1v) is 9.23. The van der Waals surface area contributed by atoms with Crippen molar-refractivity contribution in [3.05, 3.63) is 34.7 Å². The summed E-state index contributed by atoms with van der Waals surface area (Å²) in [6.45, 7) is 9.36. The number of aromatic carboxylic acids is 1. The van der Waals surface area contributed by atoms with Crippen molar-refractivity contribution >= 4 is 35.8 Å². The average molecular weight is 340 g/mol. The molecule has 2 aromatic rings. The van der Waals surface area contributed by atoms with Crippen molar-refractivity contribution in [1.29, 1.82) is 0 Å². The lowest BCUT2D eigenvalue weighted by Crippen LogP contribution is -2.17. The Kier molecular flexibility index (Phi) is 5.56. The SMILES string of the molecule is CCOP(OCC)C(C)(C)c1ccc2sc(C(=O)O)cc2c1. The summed E-state index contributed by atoms with van der Waals surface area (Å²) in [6, 6.07) is 7.80. The van der Waals surface area contributed by atoms with E-state index in [0.717, 1.165) is 15.6 Å². The number of benzene rings is 1. The molecule has 120 valence electrons. The van der Waals surface area contributed by atoms with Crippen LogP contribution in [0, 0.1) is 0 Å². The van der Waals surface area contributed by atoms with Gasteiger partial charge in [0.2, 0.25) is 0 Å². The number of hydrogen-bond donors (Lipinski definition) is 1. The molecule has 0 bridgehead atoms. The average Bonchev–Trinajstić information content (AvgIpc) is 2.90. The van der Waals surface area contributed by atoms with Gasteiger partial charge in [0.1, 0.15) is 4.88 Å². The van der Waals surface area contributed by atoms with Crippen molar-refractivity contribution in [3.63, 3.8) is 0 Å². The minimum absolute atomic E-state index is 0.263. The van der Waals surface area contributed by atoms with Gasteiger partial charge in [-0.3, -0.25) is 0 Å². The van der Waals surface area contributed by atoms with E-state index in [1.54, 1.807) is 6.07 Å². The van der Waals surface area contributed by atoms with Gasteiger partial charge in [0.25, 0.3) is 0 Å². The largest absolute Gasteiger partial charge is 0.477 e. The van der Waals surface area contributed by atoms with Gasteiger partial charge in [-0.25, -0.2) is 4.79 Å². The Balaban J connectivity index is 2.40. The number of thiophene rings is 1. The molecule has 0 unspecified atom stereocenters. The molecule has 0 spiro atoms. The molecule has 0 saturated heterocycles. The monoisotopic (exact) mass is 340 g/mol. The molecule has 0 atom stereocenters. The number of rotatable bonds is 7. The second-order valence-corrected chi connectivity index (χ2v) is 8.55. The van der Waals surface area contributed by atoms with Gasteiger partial charge >= 0.3 is 5.97 Å². The van der Waals surface area contributed by atoms with Gasteiger partial charge in [0.05, 0.1) is 18.4 Å². The van der Waals surface area contributed by atoms with Crippen LogP contribution >= 0.6 is 19.7 Å². The molecule has 0 radical (unpaired) electrons. The third-order valence-electron chi connectivity index (χ3n) is 3.38. The van der Waals surface area contributed by atoms with Crippen LogP contribution in [0.2, 0.25) is 0 Å². The predicted octanol–water partition coefficient (Wildman–Crippen LogP) is 5.22. The van der Waals surface area contributed by atoms with E-state index >= 15 is 0 Å². The van der Waals surface area contributed by atoms with E-state index in [2.05, 4.69) is 13.8 Å². The molecule has 2 rings (SSSR count). The minimum Gasteiger partial charge on any atom is -0.477 e. The first-order valence-electron chi connectivity index (χ1n) is 7.23. The highest BCUT2D eigenvalue weighted by Gasteiger charge is 2.34. The molecule has 1 N–H and O–H groups in total. The van der Waals surface area contributed by atoms with E-state index in [1.807, 2.05) is 32.0 Å². The summed E-state index contributed by atoms with van der Waals surface area (Å²) in [5.41, 5.74) is 1.10. The van der Waals surface area contributed by atoms with Crippen LogP contribution in [0.1, 0.15) is 42.9 Å². The van der Waals surface area contributed by atoms with Crippen LogP contribution in [-0.4, -0.2) is 24.3 Å². The van der Waals surface area contributed by atoms with Crippen LogP contribution in [0.3, 0.4) is 0 Å². The summed E-state index contributed by atoms with van der Waals surface area (Å²) in [5.74, 6) is -0.882. The van der Waals surface area contributed by atoms with Crippen molar-refractivity contribution in [2.75, 3.05) is 13.2 Å². The van der Waals surface area contributed by atoms with Gasteiger partial charge < -0.3 is 14.2 Å². The normalized spacial score (nSPS) is 12.2. The van der Waals surface area contributed by atoms with Gasteiger partial charge in [0.15, 0.2) is 8.38 Å². The second kappa shape index (κ2) is 7.05. The molecule has 0 aliphatic heterocycles. The highest BCUT2D eigenvalue weighted by atomic mass is 32.1. The topological polar surface area (TPSA) is 55.8 Å². The zero-order valence-electron chi connectivity index (χ0n) is 13.3. The quantitative estimate of drug-likeness (QED) is 0.702. The Morgan fingerprint density at radius 3 is 2.41 bits per heavy atom. The van der Waals surface area contributed by atoms with E-state index in [1.165, 1.54) is 11.3 Å². The predicted molar refractivity (Wildman–Crippen MR) is 92.0 cm³/mol. The molecule has 0 aliphatic rings. The standard InChI is InChI=1S/C16H21O4PS/c1-5-19-21(20-6-2)16(3,4)12-7-8-13-11(9-12)10-14(22-13)15(17)18/h7-10H,5-6H2,1-4H3,(H,17,18). The molecule has 1 aromatic carbocycles. The van der Waals surface area contributed by atoms with Crippen molar-refractivity contribution in [2.45, 2.75) is 32.9 Å². The summed E-state index contributed by atoms with van der Waals surface area (Å²) in [7, 11) is -1.05. The van der Waals surface area contributed by atoms with Gasteiger partial charge in [-0.2, -0.15) is 0 Å². The van der Waals surface area contributed by atoms with Crippen LogP contribution in [0.4, 0.5) is 0 Å². The van der Waals surface area contributed by atoms with Gasteiger partial charge in [-0.1, -0.05) is 6.07 Å². The van der Waals surface area contributed by atoms with Gasteiger partial charge in [-0.15, -0.1) is 11.3 Å². The molecular weight excluding hydrogens is 319 g/mol. The van der Waals surface area contributed by atoms with E-state index in [4.69, 9.17) is 14.2 Å². The maximum Gasteiger partial charge on any atom is 0.345 e. The zero-order valence-corrected chi connectivity index (χ0v) is 15.0. The van der Waals surface area contributed by atoms with E-state index < -0.39 is 14.3 Å². The summed E-state index contributed by atoms with van der Waals surface area (Å²) in [6.07, 6.45) is 0. The number of carboxylic acids is 1. The van der Waals surface area contributed by atoms with Crippen molar-refractivity contribution < 1.29 is 18.9 Å². The van der Waals surface area contributed by atoms with Gasteiger partial charge in [-0.05, 0) is 56.8 Å². The summed E-state index contributed by atoms with van der Waals surface area (Å²) < 4.78 is 12.6. The maximum absolute atomic E-state index is 11.1. The minimum atomic E-state index is -1.05. The summed E-state index contributed by atoms with van der Waals surface area (Å²) >= 11 is 1.30. The Bertz CT molecular complexity index is 659. The Morgan fingerprint density at radius 2 is 1.86 bits per heavy atom. The number of fused-ring (bicyclic) bond motifs is 1. The Morgan fingerprint density at radius 1 is 1.23 bits per heavy atom. The highest BCUT2D eigenvalue weighted by Crippen LogP contribution is 2.57. The number of carboxylic acid groups (broad SMARTS) is 1. The van der Waals surface area contributed by atoms with Crippen LogP contribution in [0.15, 0.2) is 24.3 Å². The molecular formula is C16H21O4PS. The Labute approximate surface area is 136 Å². The number of carbonyl (C=O) groups is 1. The lowest BCUT2D eigenvalue weighted by Gasteiger charge is -2.32. The molecule has 4 nitrogen and oxygen atoms in total. The van der Waals surface area contributed by atoms with Crippen LogP contribution in [0.5, 0.6) is 0 Å². The van der Waals surface area contributed by atoms with Crippen LogP contribution in [0.25, 0.3) is 10.1 Å². The lowest BCUT2D eigenvalue weighted by molar-refractivity contribution is 0.0702. The first-order chi connectivity index (χ1) is 10.4. The van der Waals surface area contributed by atoms with E-state index in [9.17, 15) is 4.79 Å². The molecule has 0 aliphatic carbocycles. The first kappa shape index (κ1) is 17.4. The van der Waals surface area contributed by atoms with Crippen molar-refractivity contribution in [3.8, 4) is 0 Å². The maximum atomic E-state index is 11.1. The molecule has 0 fully saturated rings. The Hall–Kier alpha value is -1.00. The molecule has 0 amide bonds. The van der Waals surface area contributed by atoms with Crippen LogP contribution in [-0.2, 0) is 14.2 Å². The molecule has 1 aromatic heterocycles. The summed E-state index contributed by atoms with van der Waals surface area (Å²) in [5, 5.41) is 9.81. The third kappa shape index (κ3) is 3.49. The van der Waals surface area contributed by atoms with Crippen molar-refractivity contribution in [2.24, 2.45) is 0 Å². The highest BCUT2D eigenvalue weighted by molar-refractivity contribution is 7.48. The van der Waals surface area contributed by atoms with Gasteiger partial charge in [0, 0.05) is 4.70 Å². The molecule has 22 heavy (non-hydrogen) atoms. The summed E-state index contributed by atoms with van der Waals surface area (Å²) in [4.78, 5) is 11.5. The molecule has 0 saturated carbocycles. The van der Waals surface area contributed by atoms with E-state index in [-0.39, 0.29) is 5.16 Å². The molecule has 6 heteroatoms. The molecule has 1 heterocycles. The fraction of sp³-hybridized carbons (Fsp3) is 0.438.